The molecular formula is C31H52N2O2. The molecule has 4 saturated carbocycles. The van der Waals surface area contributed by atoms with Gasteiger partial charge in [0, 0.05) is 24.4 Å². The van der Waals surface area contributed by atoms with Crippen molar-refractivity contribution in [1.82, 2.24) is 5.48 Å². The number of nitrogens with one attached hydrogen (secondary N) is 1. The molecule has 35 heavy (non-hydrogen) atoms. The zero-order valence-electron chi connectivity index (χ0n) is 23.4. The molecule has 0 aromatic rings. The van der Waals surface area contributed by atoms with Gasteiger partial charge in [-0.3, -0.25) is 4.84 Å². The summed E-state index contributed by atoms with van der Waals surface area (Å²) in [7, 11) is 0. The maximum Gasteiger partial charge on any atom is 0.0844 e. The normalized spacial score (nSPS) is 53.1. The highest BCUT2D eigenvalue weighted by atomic mass is 16.7. The SMILES string of the molecule is CC(C)[C@@H](C)[C@@]1(C)CCC2(C)C3CCC4C5COC6(CCC5ONCCN)CC46C3=CC[C@@]2(C)C1. The van der Waals surface area contributed by atoms with Crippen LogP contribution in [0.1, 0.15) is 99.3 Å². The minimum absolute atomic E-state index is 0.101. The molecule has 2 bridgehead atoms. The molecule has 6 fully saturated rings. The smallest absolute Gasteiger partial charge is 0.0844 e. The van der Waals surface area contributed by atoms with Crippen LogP contribution in [0.4, 0.5) is 0 Å². The van der Waals surface area contributed by atoms with E-state index < -0.39 is 0 Å². The van der Waals surface area contributed by atoms with Crippen molar-refractivity contribution in [2.24, 2.45) is 57.0 Å². The molecule has 2 saturated heterocycles. The van der Waals surface area contributed by atoms with E-state index in [1.807, 2.05) is 5.57 Å². The fraction of sp³-hybridized carbons (Fsp3) is 0.935. The molecule has 4 heteroatoms. The summed E-state index contributed by atoms with van der Waals surface area (Å²) in [6.07, 6.45) is 14.8. The van der Waals surface area contributed by atoms with E-state index in [1.54, 1.807) is 0 Å². The summed E-state index contributed by atoms with van der Waals surface area (Å²) in [6.45, 7) is 17.6. The van der Waals surface area contributed by atoms with Crippen molar-refractivity contribution in [3.63, 3.8) is 0 Å². The summed E-state index contributed by atoms with van der Waals surface area (Å²) < 4.78 is 6.82. The first-order valence-corrected chi connectivity index (χ1v) is 15.0. The third kappa shape index (κ3) is 3.18. The Bertz CT molecular complexity index is 887. The first-order valence-electron chi connectivity index (χ1n) is 15.0. The second-order valence-electron chi connectivity index (χ2n) is 14.9. The average Bonchev–Trinajstić information content (AvgIpc) is 3.54. The Balaban J connectivity index is 1.31. The molecule has 7 unspecified atom stereocenters. The average molecular weight is 485 g/mol. The molecule has 4 nitrogen and oxygen atoms in total. The minimum Gasteiger partial charge on any atom is -0.374 e. The largest absolute Gasteiger partial charge is 0.374 e. The van der Waals surface area contributed by atoms with Crippen molar-refractivity contribution >= 4 is 0 Å². The molecule has 10 atom stereocenters. The first kappa shape index (κ1) is 24.9. The lowest BCUT2D eigenvalue weighted by atomic mass is 9.40. The Morgan fingerprint density at radius 3 is 2.63 bits per heavy atom. The van der Waals surface area contributed by atoms with E-state index in [1.165, 1.54) is 44.9 Å². The molecule has 0 amide bonds. The topological polar surface area (TPSA) is 56.5 Å². The molecule has 7 aliphatic rings. The molecule has 5 aliphatic carbocycles. The van der Waals surface area contributed by atoms with Crippen molar-refractivity contribution in [3.8, 4) is 0 Å². The van der Waals surface area contributed by atoms with Gasteiger partial charge in [-0.15, -0.1) is 0 Å². The molecule has 0 radical (unpaired) electrons. The van der Waals surface area contributed by atoms with Crippen LogP contribution >= 0.6 is 0 Å². The number of rotatable bonds is 6. The molecular weight excluding hydrogens is 432 g/mol. The molecule has 0 aromatic carbocycles. The van der Waals surface area contributed by atoms with Crippen molar-refractivity contribution in [2.75, 3.05) is 19.7 Å². The van der Waals surface area contributed by atoms with Crippen LogP contribution in [0, 0.1) is 51.2 Å². The second-order valence-corrected chi connectivity index (χ2v) is 14.9. The molecule has 2 heterocycles. The summed E-state index contributed by atoms with van der Waals surface area (Å²) in [4.78, 5) is 6.24. The quantitative estimate of drug-likeness (QED) is 0.266. The molecule has 2 aliphatic heterocycles. The fourth-order valence-corrected chi connectivity index (χ4v) is 10.8. The highest BCUT2D eigenvalue weighted by Crippen LogP contribution is 2.81. The standard InChI is InChI=1S/C31H52N2O2/c1-20(2)21(3)27(4)13-14-29(6)24-8-7-23-22-17-34-30(12-10-26(22)35-33-16-15-32)19-31(23,30)25(24)9-11-28(29,5)18-27/h9,20-24,26,33H,7-8,10-19,32H2,1-6H3/t21-,22?,23?,24?,26?,27+,28+,29?,30?,31?/m1/s1. The Morgan fingerprint density at radius 2 is 1.89 bits per heavy atom. The second kappa shape index (κ2) is 8.04. The lowest BCUT2D eigenvalue weighted by molar-refractivity contribution is -0.150. The summed E-state index contributed by atoms with van der Waals surface area (Å²) in [5.74, 6) is 3.53. The number of hydrogen-bond acceptors (Lipinski definition) is 4. The maximum absolute atomic E-state index is 6.82. The number of nitrogens with two attached hydrogens (primary N) is 1. The molecule has 0 aromatic heterocycles. The van der Waals surface area contributed by atoms with Crippen LogP contribution in [0.15, 0.2) is 11.6 Å². The van der Waals surface area contributed by atoms with Gasteiger partial charge in [0.25, 0.3) is 0 Å². The van der Waals surface area contributed by atoms with Gasteiger partial charge in [0.05, 0.1) is 18.3 Å². The van der Waals surface area contributed by atoms with E-state index in [4.69, 9.17) is 15.3 Å². The number of hydrogen-bond donors (Lipinski definition) is 2. The summed E-state index contributed by atoms with van der Waals surface area (Å²) in [5, 5.41) is 0. The summed E-state index contributed by atoms with van der Waals surface area (Å²) >= 11 is 0. The Morgan fingerprint density at radius 1 is 1.09 bits per heavy atom. The Kier molecular flexibility index (Phi) is 5.72. The van der Waals surface area contributed by atoms with E-state index in [2.05, 4.69) is 53.1 Å². The highest BCUT2D eigenvalue weighted by Gasteiger charge is 2.80. The van der Waals surface area contributed by atoms with Gasteiger partial charge in [-0.05, 0) is 97.7 Å². The molecule has 198 valence electrons. The van der Waals surface area contributed by atoms with Gasteiger partial charge < -0.3 is 10.5 Å². The van der Waals surface area contributed by atoms with Crippen LogP contribution in [-0.4, -0.2) is 31.4 Å². The van der Waals surface area contributed by atoms with Gasteiger partial charge in [-0.2, -0.15) is 0 Å². The van der Waals surface area contributed by atoms with Gasteiger partial charge in [0.15, 0.2) is 0 Å². The third-order valence-electron chi connectivity index (χ3n) is 13.4. The molecule has 3 N–H and O–H groups in total. The third-order valence-corrected chi connectivity index (χ3v) is 13.4. The predicted octanol–water partition coefficient (Wildman–Crippen LogP) is 6.26. The van der Waals surface area contributed by atoms with Gasteiger partial charge in [-0.1, -0.05) is 53.2 Å². The number of fused-ring (bicyclic) bond motifs is 6. The number of hydroxylamine groups is 1. The van der Waals surface area contributed by atoms with E-state index >= 15 is 0 Å². The highest BCUT2D eigenvalue weighted by molar-refractivity contribution is 5.44. The predicted molar refractivity (Wildman–Crippen MR) is 141 cm³/mol. The monoisotopic (exact) mass is 484 g/mol. The Labute approximate surface area is 214 Å². The zero-order chi connectivity index (χ0) is 24.9. The van der Waals surface area contributed by atoms with E-state index in [9.17, 15) is 0 Å². The van der Waals surface area contributed by atoms with Crippen molar-refractivity contribution in [2.45, 2.75) is 111 Å². The number of allylic oxidation sites excluding steroid dienone is 1. The van der Waals surface area contributed by atoms with Crippen LogP contribution in [0.3, 0.4) is 0 Å². The lowest BCUT2D eigenvalue weighted by Gasteiger charge is -2.65. The van der Waals surface area contributed by atoms with E-state index in [0.29, 0.717) is 34.1 Å². The minimum atomic E-state index is 0.101. The van der Waals surface area contributed by atoms with Crippen molar-refractivity contribution in [1.29, 1.82) is 0 Å². The summed E-state index contributed by atoms with van der Waals surface area (Å²) in [6, 6.07) is 0. The zero-order valence-corrected chi connectivity index (χ0v) is 23.4. The number of ether oxygens (including phenoxy) is 1. The van der Waals surface area contributed by atoms with Crippen LogP contribution in [0.25, 0.3) is 0 Å². The van der Waals surface area contributed by atoms with Crippen molar-refractivity contribution in [3.05, 3.63) is 11.6 Å². The van der Waals surface area contributed by atoms with Gasteiger partial charge >= 0.3 is 0 Å². The molecule has 7 rings (SSSR count). The van der Waals surface area contributed by atoms with Gasteiger partial charge in [0.2, 0.25) is 0 Å². The van der Waals surface area contributed by atoms with Crippen molar-refractivity contribution < 1.29 is 9.57 Å². The Hall–Kier alpha value is -0.420. The lowest BCUT2D eigenvalue weighted by Crippen LogP contribution is -2.58. The van der Waals surface area contributed by atoms with E-state index in [0.717, 1.165) is 49.7 Å². The van der Waals surface area contributed by atoms with Crippen LogP contribution in [0.5, 0.6) is 0 Å². The van der Waals surface area contributed by atoms with Gasteiger partial charge in [-0.25, -0.2) is 5.48 Å². The van der Waals surface area contributed by atoms with Crippen LogP contribution < -0.4 is 11.2 Å². The molecule has 2 spiro atoms. The first-order chi connectivity index (χ1) is 16.6. The summed E-state index contributed by atoms with van der Waals surface area (Å²) in [5.41, 5.74) is 12.4. The van der Waals surface area contributed by atoms with Gasteiger partial charge in [0.1, 0.15) is 0 Å². The fourth-order valence-electron chi connectivity index (χ4n) is 10.8. The van der Waals surface area contributed by atoms with Crippen LogP contribution in [-0.2, 0) is 9.57 Å². The van der Waals surface area contributed by atoms with E-state index in [-0.39, 0.29) is 11.7 Å². The van der Waals surface area contributed by atoms with Crippen LogP contribution in [0.2, 0.25) is 0 Å². The maximum atomic E-state index is 6.82.